The molecule has 0 saturated carbocycles. The Labute approximate surface area is 195 Å². The maximum atomic E-state index is 13.2. The topological polar surface area (TPSA) is 35.5 Å². The van der Waals surface area contributed by atoms with Crippen molar-refractivity contribution in [2.24, 2.45) is 5.92 Å². The molecule has 168 valence electrons. The van der Waals surface area contributed by atoms with E-state index >= 15 is 0 Å². The number of hydrogen-bond acceptors (Lipinski definition) is 4. The fourth-order valence-corrected chi connectivity index (χ4v) is 4.14. The van der Waals surface area contributed by atoms with Crippen LogP contribution in [0.25, 0.3) is 0 Å². The zero-order chi connectivity index (χ0) is 23.1. The Balaban J connectivity index is 1.68. The van der Waals surface area contributed by atoms with E-state index in [2.05, 4.69) is 0 Å². The van der Waals surface area contributed by atoms with Gasteiger partial charge in [-0.3, -0.25) is 4.79 Å². The summed E-state index contributed by atoms with van der Waals surface area (Å²) < 4.78 is 34.3. The first-order valence-corrected chi connectivity index (χ1v) is 11.2. The van der Waals surface area contributed by atoms with Gasteiger partial charge in [0.05, 0.1) is 5.92 Å². The van der Waals surface area contributed by atoms with Crippen LogP contribution in [-0.4, -0.2) is 10.7 Å². The first-order chi connectivity index (χ1) is 15.2. The minimum atomic E-state index is -3.42. The van der Waals surface area contributed by atoms with Crippen molar-refractivity contribution in [2.75, 3.05) is 0 Å². The van der Waals surface area contributed by atoms with E-state index in [1.165, 1.54) is 6.07 Å². The molecule has 3 aromatic carbocycles. The van der Waals surface area contributed by atoms with Gasteiger partial charge in [0.2, 0.25) is 0 Å². The van der Waals surface area contributed by atoms with Crippen LogP contribution >= 0.6 is 23.4 Å². The van der Waals surface area contributed by atoms with Crippen molar-refractivity contribution < 1.29 is 23.0 Å². The Morgan fingerprint density at radius 3 is 2.34 bits per heavy atom. The summed E-state index contributed by atoms with van der Waals surface area (Å²) in [5.74, 6) is 0.239. The Hall–Kier alpha value is -2.57. The molecule has 0 fully saturated rings. The molecule has 0 aromatic heterocycles. The Morgan fingerprint density at radius 2 is 1.66 bits per heavy atom. The smallest absolute Gasteiger partial charge is 0.375 e. The maximum Gasteiger partial charge on any atom is 0.375 e. The lowest BCUT2D eigenvalue weighted by atomic mass is 9.88. The van der Waals surface area contributed by atoms with Gasteiger partial charge in [0.25, 0.3) is 0 Å². The monoisotopic (exact) mass is 476 g/mol. The molecule has 0 amide bonds. The molecule has 0 spiro atoms. The van der Waals surface area contributed by atoms with E-state index < -0.39 is 16.6 Å². The van der Waals surface area contributed by atoms with Gasteiger partial charge in [-0.15, -0.1) is 0 Å². The molecule has 32 heavy (non-hydrogen) atoms. The molecule has 3 nitrogen and oxygen atoms in total. The third kappa shape index (κ3) is 7.24. The molecule has 0 saturated heterocycles. The zero-order valence-corrected chi connectivity index (χ0v) is 19.2. The summed E-state index contributed by atoms with van der Waals surface area (Å²) in [7, 11) is 0. The molecule has 0 heterocycles. The molecule has 1 atom stereocenters. The van der Waals surface area contributed by atoms with Crippen molar-refractivity contribution in [2.45, 2.75) is 36.0 Å². The average Bonchev–Trinajstić information content (AvgIpc) is 2.72. The first kappa shape index (κ1) is 24.1. The highest BCUT2D eigenvalue weighted by Crippen LogP contribution is 2.40. The van der Waals surface area contributed by atoms with Gasteiger partial charge in [0.15, 0.2) is 0 Å². The molecule has 0 aliphatic rings. The van der Waals surface area contributed by atoms with Crippen molar-refractivity contribution in [1.82, 2.24) is 0 Å². The molecule has 0 N–H and O–H groups in total. The van der Waals surface area contributed by atoms with Crippen LogP contribution in [0.1, 0.15) is 30.9 Å². The van der Waals surface area contributed by atoms with E-state index in [4.69, 9.17) is 21.1 Å². The second-order valence-electron chi connectivity index (χ2n) is 7.51. The molecule has 0 radical (unpaired) electrons. The van der Waals surface area contributed by atoms with Gasteiger partial charge >= 0.3 is 10.7 Å². The van der Waals surface area contributed by atoms with Crippen molar-refractivity contribution in [3.8, 4) is 11.5 Å². The van der Waals surface area contributed by atoms with Crippen LogP contribution in [0.2, 0.25) is 0 Å². The zero-order valence-electron chi connectivity index (χ0n) is 17.6. The molecule has 3 rings (SSSR count). The molecule has 0 aliphatic carbocycles. The number of hydrogen-bond donors (Lipinski definition) is 0. The Morgan fingerprint density at radius 1 is 0.969 bits per heavy atom. The Kier molecular flexibility index (Phi) is 8.15. The van der Waals surface area contributed by atoms with E-state index in [1.54, 1.807) is 18.2 Å². The number of benzene rings is 3. The number of esters is 1. The summed E-state index contributed by atoms with van der Waals surface area (Å²) in [5.41, 5.74) is 1.39. The SMILES string of the molecule is CC(C)C(C(=O)OCc1cccc(Oc2ccccc2)c1)c1cccc(SC(F)(F)Cl)c1. The number of alkyl halides is 3. The van der Waals surface area contributed by atoms with E-state index in [0.29, 0.717) is 17.1 Å². The lowest BCUT2D eigenvalue weighted by Gasteiger charge is -2.21. The molecule has 1 unspecified atom stereocenters. The molecular formula is C25H23ClF2O3S. The standard InChI is InChI=1S/C25H23ClF2O3S/c1-17(2)23(19-9-7-13-22(15-19)32-25(26,27)28)24(29)30-16-18-8-6-12-21(14-18)31-20-10-4-3-5-11-20/h3-15,17,23H,16H2,1-2H3. The van der Waals surface area contributed by atoms with Gasteiger partial charge in [0.1, 0.15) is 18.1 Å². The van der Waals surface area contributed by atoms with Gasteiger partial charge in [-0.2, -0.15) is 8.78 Å². The molecule has 0 bridgehead atoms. The van der Waals surface area contributed by atoms with E-state index in [1.807, 2.05) is 68.4 Å². The minimum absolute atomic E-state index is 0.0717. The van der Waals surface area contributed by atoms with E-state index in [0.717, 1.165) is 5.56 Å². The highest BCUT2D eigenvalue weighted by atomic mass is 35.5. The summed E-state index contributed by atoms with van der Waals surface area (Å²) in [4.78, 5) is 13.2. The van der Waals surface area contributed by atoms with Crippen molar-refractivity contribution in [3.63, 3.8) is 0 Å². The van der Waals surface area contributed by atoms with Crippen molar-refractivity contribution in [1.29, 1.82) is 0 Å². The summed E-state index contributed by atoms with van der Waals surface area (Å²) in [6.45, 7) is 3.84. The highest BCUT2D eigenvalue weighted by molar-refractivity contribution is 8.01. The molecule has 7 heteroatoms. The predicted octanol–water partition coefficient (Wildman–Crippen LogP) is 7.84. The van der Waals surface area contributed by atoms with Crippen LogP contribution < -0.4 is 4.74 Å². The second kappa shape index (κ2) is 10.8. The van der Waals surface area contributed by atoms with Crippen LogP contribution in [0, 0.1) is 5.92 Å². The van der Waals surface area contributed by atoms with Gasteiger partial charge < -0.3 is 9.47 Å². The van der Waals surface area contributed by atoms with Gasteiger partial charge in [-0.05, 0) is 76.8 Å². The number of halogens is 3. The number of carbonyl (C=O) groups excluding carboxylic acids is 1. The number of para-hydroxylation sites is 1. The fraction of sp³-hybridized carbons (Fsp3) is 0.240. The number of rotatable bonds is 9. The number of thioether (sulfide) groups is 1. The summed E-state index contributed by atoms with van der Waals surface area (Å²) in [5, 5.41) is 0. The molecule has 3 aromatic rings. The lowest BCUT2D eigenvalue weighted by molar-refractivity contribution is -0.148. The van der Waals surface area contributed by atoms with Crippen LogP contribution in [0.3, 0.4) is 0 Å². The third-order valence-corrected chi connectivity index (χ3v) is 5.58. The third-order valence-electron chi connectivity index (χ3n) is 4.63. The lowest BCUT2D eigenvalue weighted by Crippen LogP contribution is -2.21. The summed E-state index contributed by atoms with van der Waals surface area (Å²) in [6, 6.07) is 23.1. The second-order valence-corrected chi connectivity index (χ2v) is 9.40. The van der Waals surface area contributed by atoms with Crippen LogP contribution in [0.5, 0.6) is 11.5 Å². The van der Waals surface area contributed by atoms with E-state index in [9.17, 15) is 13.6 Å². The van der Waals surface area contributed by atoms with E-state index in [-0.39, 0.29) is 29.2 Å². The highest BCUT2D eigenvalue weighted by Gasteiger charge is 2.29. The Bertz CT molecular complexity index is 1040. The fourth-order valence-electron chi connectivity index (χ4n) is 3.27. The average molecular weight is 477 g/mol. The van der Waals surface area contributed by atoms with Crippen LogP contribution in [0.15, 0.2) is 83.8 Å². The largest absolute Gasteiger partial charge is 0.460 e. The van der Waals surface area contributed by atoms with Crippen LogP contribution in [0.4, 0.5) is 8.78 Å². The normalized spacial score (nSPS) is 12.4. The number of carbonyl (C=O) groups is 1. The first-order valence-electron chi connectivity index (χ1n) is 10.1. The summed E-state index contributed by atoms with van der Waals surface area (Å²) >= 11 is 5.27. The maximum absolute atomic E-state index is 13.2. The molecule has 0 aliphatic heterocycles. The van der Waals surface area contributed by atoms with Crippen molar-refractivity contribution in [3.05, 3.63) is 90.0 Å². The quantitative estimate of drug-likeness (QED) is 0.179. The van der Waals surface area contributed by atoms with Crippen molar-refractivity contribution >= 4 is 29.3 Å². The van der Waals surface area contributed by atoms with Gasteiger partial charge in [0, 0.05) is 4.90 Å². The van der Waals surface area contributed by atoms with Crippen LogP contribution in [-0.2, 0) is 16.1 Å². The minimum Gasteiger partial charge on any atom is -0.460 e. The predicted molar refractivity (Wildman–Crippen MR) is 123 cm³/mol. The number of ether oxygens (including phenoxy) is 2. The summed E-state index contributed by atoms with van der Waals surface area (Å²) in [6.07, 6.45) is 0. The van der Waals surface area contributed by atoms with Gasteiger partial charge in [-0.25, -0.2) is 0 Å². The van der Waals surface area contributed by atoms with Gasteiger partial charge in [-0.1, -0.05) is 56.3 Å². The molecular weight excluding hydrogens is 454 g/mol.